The Balaban J connectivity index is 2.24. The number of rotatable bonds is 4. The first kappa shape index (κ1) is 14.5. The van der Waals surface area contributed by atoms with Crippen molar-refractivity contribution in [2.45, 2.75) is 6.54 Å². The summed E-state index contributed by atoms with van der Waals surface area (Å²) in [6, 6.07) is 17.4. The molecule has 0 radical (unpaired) electrons. The van der Waals surface area contributed by atoms with Crippen LogP contribution in [0.2, 0.25) is 0 Å². The Morgan fingerprint density at radius 3 is 2.41 bits per heavy atom. The largest absolute Gasteiger partial charge is 0.308 e. The lowest BCUT2D eigenvalue weighted by atomic mass is 10.2. The van der Waals surface area contributed by atoms with Gasteiger partial charge in [-0.3, -0.25) is 9.36 Å². The number of hydrogen-bond acceptors (Lipinski definition) is 3. The molecule has 3 aromatic rings. The quantitative estimate of drug-likeness (QED) is 0.742. The fourth-order valence-corrected chi connectivity index (χ4v) is 2.48. The van der Waals surface area contributed by atoms with Crippen molar-refractivity contribution in [1.82, 2.24) is 14.5 Å². The third-order valence-corrected chi connectivity index (χ3v) is 3.66. The molecule has 4 nitrogen and oxygen atoms in total. The first-order chi connectivity index (χ1) is 10.7. The Labute approximate surface area is 129 Å². The molecule has 0 amide bonds. The summed E-state index contributed by atoms with van der Waals surface area (Å²) in [4.78, 5) is 19.6. The van der Waals surface area contributed by atoms with Gasteiger partial charge in [-0.15, -0.1) is 0 Å². The van der Waals surface area contributed by atoms with E-state index in [0.29, 0.717) is 11.9 Å². The van der Waals surface area contributed by atoms with Crippen LogP contribution in [0.3, 0.4) is 0 Å². The van der Waals surface area contributed by atoms with Crippen molar-refractivity contribution in [3.63, 3.8) is 0 Å². The van der Waals surface area contributed by atoms with E-state index in [1.54, 1.807) is 4.57 Å². The Hall–Kier alpha value is -2.46. The van der Waals surface area contributed by atoms with Crippen molar-refractivity contribution in [2.75, 3.05) is 20.6 Å². The highest BCUT2D eigenvalue weighted by Gasteiger charge is 2.12. The minimum atomic E-state index is 0.0197. The van der Waals surface area contributed by atoms with Crippen molar-refractivity contribution in [2.24, 2.45) is 0 Å². The monoisotopic (exact) mass is 293 g/mol. The van der Waals surface area contributed by atoms with Crippen LogP contribution in [0.5, 0.6) is 0 Å². The van der Waals surface area contributed by atoms with Gasteiger partial charge in [-0.05, 0) is 26.2 Å². The predicted molar refractivity (Wildman–Crippen MR) is 90.0 cm³/mol. The average molecular weight is 293 g/mol. The van der Waals surface area contributed by atoms with Gasteiger partial charge in [0.25, 0.3) is 5.56 Å². The second-order valence-corrected chi connectivity index (χ2v) is 5.58. The van der Waals surface area contributed by atoms with Crippen molar-refractivity contribution >= 4 is 10.9 Å². The van der Waals surface area contributed by atoms with Gasteiger partial charge in [-0.25, -0.2) is 4.98 Å². The molecule has 3 rings (SSSR count). The molecule has 0 saturated carbocycles. The van der Waals surface area contributed by atoms with Gasteiger partial charge in [0.1, 0.15) is 5.82 Å². The summed E-state index contributed by atoms with van der Waals surface area (Å²) in [5.74, 6) is 0.728. The fraction of sp³-hybridized carbons (Fsp3) is 0.222. The van der Waals surface area contributed by atoms with Gasteiger partial charge < -0.3 is 4.90 Å². The summed E-state index contributed by atoms with van der Waals surface area (Å²) in [6.45, 7) is 1.41. The van der Waals surface area contributed by atoms with Crippen LogP contribution in [-0.2, 0) is 6.54 Å². The average Bonchev–Trinajstić information content (AvgIpc) is 2.54. The molecule has 22 heavy (non-hydrogen) atoms. The second kappa shape index (κ2) is 6.12. The van der Waals surface area contributed by atoms with Gasteiger partial charge in [0.2, 0.25) is 0 Å². The molecule has 0 aliphatic carbocycles. The molecule has 0 aliphatic heterocycles. The van der Waals surface area contributed by atoms with E-state index < -0.39 is 0 Å². The lowest BCUT2D eigenvalue weighted by Gasteiger charge is -2.16. The molecule has 0 bridgehead atoms. The number of nitrogens with zero attached hydrogens (tertiary/aromatic N) is 3. The highest BCUT2D eigenvalue weighted by molar-refractivity contribution is 5.79. The van der Waals surface area contributed by atoms with Gasteiger partial charge in [0.05, 0.1) is 10.9 Å². The summed E-state index contributed by atoms with van der Waals surface area (Å²) in [5, 5.41) is 0.668. The minimum absolute atomic E-state index is 0.0197. The zero-order chi connectivity index (χ0) is 15.5. The number of hydrogen-bond donors (Lipinski definition) is 0. The molecule has 1 heterocycles. The number of fused-ring (bicyclic) bond motifs is 1. The third-order valence-electron chi connectivity index (χ3n) is 3.66. The molecular formula is C18H19N3O. The SMILES string of the molecule is CN(C)CCn1c(-c2ccccc2)nc2ccccc2c1=O. The van der Waals surface area contributed by atoms with Crippen LogP contribution in [0.1, 0.15) is 0 Å². The molecule has 112 valence electrons. The summed E-state index contributed by atoms with van der Waals surface area (Å²) >= 11 is 0. The van der Waals surface area contributed by atoms with E-state index in [1.807, 2.05) is 68.7 Å². The fourth-order valence-electron chi connectivity index (χ4n) is 2.48. The standard InChI is InChI=1S/C18H19N3O/c1-20(2)12-13-21-17(14-8-4-3-5-9-14)19-16-11-7-6-10-15(16)18(21)22/h3-11H,12-13H2,1-2H3. The van der Waals surface area contributed by atoms with E-state index in [9.17, 15) is 4.79 Å². The number of para-hydroxylation sites is 1. The van der Waals surface area contributed by atoms with E-state index in [0.717, 1.165) is 23.4 Å². The van der Waals surface area contributed by atoms with Crippen molar-refractivity contribution in [1.29, 1.82) is 0 Å². The highest BCUT2D eigenvalue weighted by Crippen LogP contribution is 2.18. The minimum Gasteiger partial charge on any atom is -0.308 e. The first-order valence-electron chi connectivity index (χ1n) is 7.36. The molecule has 0 saturated heterocycles. The van der Waals surface area contributed by atoms with E-state index >= 15 is 0 Å². The van der Waals surface area contributed by atoms with E-state index in [2.05, 4.69) is 4.90 Å². The Bertz CT molecular complexity index is 838. The van der Waals surface area contributed by atoms with Crippen molar-refractivity contribution in [3.05, 3.63) is 65.0 Å². The number of likely N-dealkylation sites (N-methyl/N-ethyl adjacent to an activating group) is 1. The molecule has 0 aliphatic rings. The van der Waals surface area contributed by atoms with Crippen LogP contribution in [0.15, 0.2) is 59.4 Å². The van der Waals surface area contributed by atoms with Crippen LogP contribution in [0, 0.1) is 0 Å². The summed E-state index contributed by atoms with van der Waals surface area (Å²) < 4.78 is 1.78. The topological polar surface area (TPSA) is 38.1 Å². The van der Waals surface area contributed by atoms with Gasteiger partial charge in [0, 0.05) is 18.7 Å². The Morgan fingerprint density at radius 2 is 1.68 bits per heavy atom. The van der Waals surface area contributed by atoms with Crippen LogP contribution < -0.4 is 5.56 Å². The summed E-state index contributed by atoms with van der Waals surface area (Å²) in [7, 11) is 4.00. The Kier molecular flexibility index (Phi) is 4.02. The smallest absolute Gasteiger partial charge is 0.261 e. The summed E-state index contributed by atoms with van der Waals surface area (Å²) in [6.07, 6.45) is 0. The van der Waals surface area contributed by atoms with E-state index in [4.69, 9.17) is 4.98 Å². The van der Waals surface area contributed by atoms with Crippen LogP contribution in [0.4, 0.5) is 0 Å². The molecule has 2 aromatic carbocycles. The maximum Gasteiger partial charge on any atom is 0.261 e. The lowest BCUT2D eigenvalue weighted by molar-refractivity contribution is 0.381. The normalized spacial score (nSPS) is 11.2. The van der Waals surface area contributed by atoms with Crippen LogP contribution in [-0.4, -0.2) is 35.1 Å². The maximum absolute atomic E-state index is 12.8. The molecule has 0 atom stereocenters. The van der Waals surface area contributed by atoms with Crippen molar-refractivity contribution in [3.8, 4) is 11.4 Å². The molecule has 1 aromatic heterocycles. The van der Waals surface area contributed by atoms with E-state index in [1.165, 1.54) is 0 Å². The van der Waals surface area contributed by atoms with Crippen molar-refractivity contribution < 1.29 is 0 Å². The lowest BCUT2D eigenvalue weighted by Crippen LogP contribution is -2.28. The molecule has 4 heteroatoms. The zero-order valence-corrected chi connectivity index (χ0v) is 12.9. The molecule has 0 unspecified atom stereocenters. The number of aromatic nitrogens is 2. The maximum atomic E-state index is 12.8. The zero-order valence-electron chi connectivity index (χ0n) is 12.9. The first-order valence-corrected chi connectivity index (χ1v) is 7.36. The predicted octanol–water partition coefficient (Wildman–Crippen LogP) is 2.63. The van der Waals surface area contributed by atoms with Gasteiger partial charge in [-0.1, -0.05) is 42.5 Å². The third kappa shape index (κ3) is 2.78. The summed E-state index contributed by atoms with van der Waals surface area (Å²) in [5.41, 5.74) is 1.72. The molecular weight excluding hydrogens is 274 g/mol. The Morgan fingerprint density at radius 1 is 1.00 bits per heavy atom. The van der Waals surface area contributed by atoms with Gasteiger partial charge in [0.15, 0.2) is 0 Å². The number of benzene rings is 2. The van der Waals surface area contributed by atoms with Gasteiger partial charge >= 0.3 is 0 Å². The van der Waals surface area contributed by atoms with Crippen LogP contribution in [0.25, 0.3) is 22.3 Å². The van der Waals surface area contributed by atoms with E-state index in [-0.39, 0.29) is 5.56 Å². The second-order valence-electron chi connectivity index (χ2n) is 5.58. The van der Waals surface area contributed by atoms with Gasteiger partial charge in [-0.2, -0.15) is 0 Å². The molecule has 0 fully saturated rings. The van der Waals surface area contributed by atoms with Crippen LogP contribution >= 0.6 is 0 Å². The molecule has 0 spiro atoms. The molecule has 0 N–H and O–H groups in total. The highest BCUT2D eigenvalue weighted by atomic mass is 16.1.